The number of hydrogen-bond acceptors (Lipinski definition) is 4. The zero-order chi connectivity index (χ0) is 22.2. The van der Waals surface area contributed by atoms with Gasteiger partial charge in [-0.15, -0.1) is 11.3 Å². The van der Waals surface area contributed by atoms with Crippen LogP contribution in [0.1, 0.15) is 26.4 Å². The van der Waals surface area contributed by atoms with E-state index in [2.05, 4.69) is 4.72 Å². The quantitative estimate of drug-likeness (QED) is 0.603. The molecule has 1 aromatic heterocycles. The van der Waals surface area contributed by atoms with Gasteiger partial charge in [-0.05, 0) is 53.8 Å². The summed E-state index contributed by atoms with van der Waals surface area (Å²) in [5.41, 5.74) is 0.143. The molecule has 1 amide bonds. The first-order chi connectivity index (χ1) is 14.6. The maximum absolute atomic E-state index is 13.1. The molecule has 2 aromatic carbocycles. The molecular weight excluding hydrogens is 449 g/mol. The Kier molecular flexibility index (Phi) is 5.52. The van der Waals surface area contributed by atoms with Crippen molar-refractivity contribution in [3.8, 4) is 0 Å². The number of thiophene rings is 1. The number of hydrogen-bond donors (Lipinski definition) is 1. The molecule has 10 heteroatoms. The average Bonchev–Trinajstić information content (AvgIpc) is 3.21. The van der Waals surface area contributed by atoms with Crippen molar-refractivity contribution in [1.29, 1.82) is 0 Å². The van der Waals surface area contributed by atoms with Gasteiger partial charge in [0.2, 0.25) is 0 Å². The highest BCUT2D eigenvalue weighted by atomic mass is 32.2. The van der Waals surface area contributed by atoms with Crippen LogP contribution in [0.4, 0.5) is 18.9 Å². The summed E-state index contributed by atoms with van der Waals surface area (Å²) in [6, 6.07) is 11.5. The third-order valence-electron chi connectivity index (χ3n) is 4.97. The number of benzene rings is 2. The van der Waals surface area contributed by atoms with E-state index in [1.807, 2.05) is 11.4 Å². The summed E-state index contributed by atoms with van der Waals surface area (Å²) < 4.78 is 66.7. The molecule has 0 saturated heterocycles. The number of para-hydroxylation sites is 1. The molecule has 0 fully saturated rings. The van der Waals surface area contributed by atoms with Gasteiger partial charge in [0, 0.05) is 18.0 Å². The van der Waals surface area contributed by atoms with Crippen LogP contribution in [0.5, 0.6) is 0 Å². The third-order valence-corrected chi connectivity index (χ3v) is 7.35. The molecular formula is C21H17F3N2O3S2. The Balaban J connectivity index is 1.61. The Labute approximate surface area is 181 Å². The lowest BCUT2D eigenvalue weighted by Gasteiger charge is -2.28. The Bertz CT molecular complexity index is 1240. The number of rotatable bonds is 4. The summed E-state index contributed by atoms with van der Waals surface area (Å²) in [4.78, 5) is 15.4. The molecule has 0 spiro atoms. The lowest BCUT2D eigenvalue weighted by Crippen LogP contribution is -2.35. The van der Waals surface area contributed by atoms with Gasteiger partial charge in [0.05, 0.1) is 21.7 Å². The zero-order valence-electron chi connectivity index (χ0n) is 16.0. The third kappa shape index (κ3) is 4.45. The summed E-state index contributed by atoms with van der Waals surface area (Å²) in [5, 5.41) is 1.97. The van der Waals surface area contributed by atoms with Gasteiger partial charge in [-0.25, -0.2) is 8.42 Å². The maximum Gasteiger partial charge on any atom is 0.416 e. The predicted octanol–water partition coefficient (Wildman–Crippen LogP) is 4.77. The number of anilines is 1. The highest BCUT2D eigenvalue weighted by Crippen LogP contribution is 2.31. The highest BCUT2D eigenvalue weighted by molar-refractivity contribution is 7.92. The minimum absolute atomic E-state index is 0.0148. The Morgan fingerprint density at radius 1 is 1.06 bits per heavy atom. The van der Waals surface area contributed by atoms with E-state index in [9.17, 15) is 26.4 Å². The number of nitrogens with zero attached hydrogens (tertiary/aromatic N) is 1. The van der Waals surface area contributed by atoms with Gasteiger partial charge in [0.15, 0.2) is 0 Å². The second kappa shape index (κ2) is 8.01. The van der Waals surface area contributed by atoms with Crippen molar-refractivity contribution in [2.24, 2.45) is 0 Å². The number of alkyl halides is 3. The molecule has 4 rings (SSSR count). The number of carbonyl (C=O) groups excluding carboxylic acids is 1. The fraction of sp³-hybridized carbons (Fsp3) is 0.190. The molecule has 31 heavy (non-hydrogen) atoms. The molecule has 1 N–H and O–H groups in total. The summed E-state index contributed by atoms with van der Waals surface area (Å²) in [5.74, 6) is -0.348. The lowest BCUT2D eigenvalue weighted by molar-refractivity contribution is -0.137. The molecule has 1 aliphatic heterocycles. The average molecular weight is 467 g/mol. The van der Waals surface area contributed by atoms with Crippen LogP contribution >= 0.6 is 11.3 Å². The topological polar surface area (TPSA) is 66.5 Å². The minimum Gasteiger partial charge on any atom is -0.334 e. The van der Waals surface area contributed by atoms with Crippen LogP contribution < -0.4 is 4.72 Å². The zero-order valence-corrected chi connectivity index (χ0v) is 17.7. The van der Waals surface area contributed by atoms with Gasteiger partial charge in [-0.3, -0.25) is 9.52 Å². The van der Waals surface area contributed by atoms with Crippen LogP contribution in [0.3, 0.4) is 0 Å². The van der Waals surface area contributed by atoms with Crippen molar-refractivity contribution in [2.45, 2.75) is 24.0 Å². The highest BCUT2D eigenvalue weighted by Gasteiger charge is 2.32. The number of sulfonamides is 1. The van der Waals surface area contributed by atoms with Crippen molar-refractivity contribution >= 4 is 33.0 Å². The molecule has 3 aromatic rings. The molecule has 0 aliphatic carbocycles. The van der Waals surface area contributed by atoms with E-state index >= 15 is 0 Å². The second-order valence-electron chi connectivity index (χ2n) is 7.02. The lowest BCUT2D eigenvalue weighted by atomic mass is 10.1. The first kappa shape index (κ1) is 21.4. The Morgan fingerprint density at radius 3 is 2.61 bits per heavy atom. The molecule has 0 radical (unpaired) electrons. The van der Waals surface area contributed by atoms with Crippen molar-refractivity contribution in [2.75, 3.05) is 11.3 Å². The minimum atomic E-state index is -4.67. The number of amides is 1. The van der Waals surface area contributed by atoms with Crippen LogP contribution in [0.15, 0.2) is 64.9 Å². The number of carbonyl (C=O) groups is 1. The molecule has 1 aliphatic rings. The SMILES string of the molecule is O=C(c1ccccc1NS(=O)(=O)c1cccc(C(F)(F)F)c1)N1CCc2sccc2C1. The first-order valence-electron chi connectivity index (χ1n) is 9.29. The summed E-state index contributed by atoms with van der Waals surface area (Å²) in [6.07, 6.45) is -3.95. The normalized spacial score (nSPS) is 14.2. The van der Waals surface area contributed by atoms with Gasteiger partial charge in [0.25, 0.3) is 15.9 Å². The standard InChI is InChI=1S/C21H17F3N2O3S2/c22-21(23,24)15-4-3-5-16(12-15)31(28,29)25-18-7-2-1-6-17(18)20(27)26-10-8-19-14(13-26)9-11-30-19/h1-7,9,11-12,25H,8,10,13H2. The molecule has 162 valence electrons. The Hall–Kier alpha value is -2.85. The van der Waals surface area contributed by atoms with Crippen molar-refractivity contribution in [1.82, 2.24) is 4.90 Å². The molecule has 0 bridgehead atoms. The smallest absolute Gasteiger partial charge is 0.334 e. The monoisotopic (exact) mass is 466 g/mol. The van der Waals surface area contributed by atoms with Gasteiger partial charge in [-0.1, -0.05) is 18.2 Å². The molecule has 5 nitrogen and oxygen atoms in total. The van der Waals surface area contributed by atoms with E-state index in [0.29, 0.717) is 19.2 Å². The number of nitrogens with one attached hydrogen (secondary N) is 1. The van der Waals surface area contributed by atoms with Crippen LogP contribution in [0, 0.1) is 0 Å². The van der Waals surface area contributed by atoms with Crippen molar-refractivity contribution in [3.63, 3.8) is 0 Å². The van der Waals surface area contributed by atoms with Gasteiger partial charge in [0.1, 0.15) is 0 Å². The van der Waals surface area contributed by atoms with E-state index < -0.39 is 26.7 Å². The van der Waals surface area contributed by atoms with E-state index in [1.165, 1.54) is 17.0 Å². The van der Waals surface area contributed by atoms with E-state index in [4.69, 9.17) is 0 Å². The van der Waals surface area contributed by atoms with Gasteiger partial charge < -0.3 is 4.90 Å². The van der Waals surface area contributed by atoms with Crippen LogP contribution in [0.25, 0.3) is 0 Å². The Morgan fingerprint density at radius 2 is 1.84 bits per heavy atom. The van der Waals surface area contributed by atoms with Crippen LogP contribution in [-0.4, -0.2) is 25.8 Å². The van der Waals surface area contributed by atoms with Gasteiger partial charge >= 0.3 is 6.18 Å². The molecule has 0 atom stereocenters. The summed E-state index contributed by atoms with van der Waals surface area (Å²) in [7, 11) is -4.34. The fourth-order valence-corrected chi connectivity index (χ4v) is 5.41. The molecule has 0 saturated carbocycles. The van der Waals surface area contributed by atoms with E-state index in [0.717, 1.165) is 30.2 Å². The second-order valence-corrected chi connectivity index (χ2v) is 9.71. The number of halogens is 3. The maximum atomic E-state index is 13.1. The summed E-state index contributed by atoms with van der Waals surface area (Å²) in [6.45, 7) is 0.924. The molecule has 0 unspecified atom stereocenters. The predicted molar refractivity (Wildman–Crippen MR) is 111 cm³/mol. The largest absolute Gasteiger partial charge is 0.416 e. The summed E-state index contributed by atoms with van der Waals surface area (Å²) >= 11 is 1.64. The van der Waals surface area contributed by atoms with Crippen LogP contribution in [0.2, 0.25) is 0 Å². The first-order valence-corrected chi connectivity index (χ1v) is 11.6. The van der Waals surface area contributed by atoms with Gasteiger partial charge in [-0.2, -0.15) is 13.2 Å². The van der Waals surface area contributed by atoms with Crippen molar-refractivity contribution in [3.05, 3.63) is 81.5 Å². The van der Waals surface area contributed by atoms with Crippen LogP contribution in [-0.2, 0) is 29.2 Å². The molecule has 2 heterocycles. The number of fused-ring (bicyclic) bond motifs is 1. The van der Waals surface area contributed by atoms with E-state index in [1.54, 1.807) is 28.4 Å². The fourth-order valence-electron chi connectivity index (χ4n) is 3.39. The van der Waals surface area contributed by atoms with Crippen molar-refractivity contribution < 1.29 is 26.4 Å². The van der Waals surface area contributed by atoms with E-state index in [-0.39, 0.29) is 17.2 Å².